The normalized spacial score (nSPS) is 12.1. The summed E-state index contributed by atoms with van der Waals surface area (Å²) in [6, 6.07) is 4.57. The highest BCUT2D eigenvalue weighted by Crippen LogP contribution is 2.10. The summed E-state index contributed by atoms with van der Waals surface area (Å²) >= 11 is 0. The molecule has 4 nitrogen and oxygen atoms in total. The maximum atomic E-state index is 13.6. The molecule has 0 bridgehead atoms. The smallest absolute Gasteiger partial charge is 0.212 e. The number of nitrogens with two attached hydrogens (primary N) is 1. The van der Waals surface area contributed by atoms with Crippen LogP contribution in [-0.2, 0) is 23.1 Å². The van der Waals surface area contributed by atoms with Gasteiger partial charge in [0, 0.05) is 18.7 Å². The van der Waals surface area contributed by atoms with Crippen LogP contribution in [0, 0.1) is 11.7 Å². The second-order valence-corrected chi connectivity index (χ2v) is 6.48. The summed E-state index contributed by atoms with van der Waals surface area (Å²) in [4.78, 5) is 0. The number of benzene rings is 1. The van der Waals surface area contributed by atoms with Gasteiger partial charge in [-0.25, -0.2) is 17.5 Å². The average molecular weight is 274 g/mol. The fraction of sp³-hybridized carbons (Fsp3) is 0.500. The molecule has 0 amide bonds. The number of hydrogen-bond acceptors (Lipinski definition) is 3. The molecule has 0 heterocycles. The second kappa shape index (κ2) is 6.26. The van der Waals surface area contributed by atoms with Gasteiger partial charge in [-0.1, -0.05) is 26.0 Å². The highest BCUT2D eigenvalue weighted by Gasteiger charge is 2.13. The molecule has 102 valence electrons. The van der Waals surface area contributed by atoms with E-state index in [4.69, 9.17) is 5.73 Å². The zero-order valence-electron chi connectivity index (χ0n) is 10.6. The fourth-order valence-corrected chi connectivity index (χ4v) is 2.92. The Kier molecular flexibility index (Phi) is 5.25. The number of hydrogen-bond donors (Lipinski definition) is 2. The zero-order valence-corrected chi connectivity index (χ0v) is 11.4. The van der Waals surface area contributed by atoms with E-state index in [0.717, 1.165) is 0 Å². The van der Waals surface area contributed by atoms with Crippen molar-refractivity contribution < 1.29 is 12.8 Å². The van der Waals surface area contributed by atoms with Crippen LogP contribution < -0.4 is 10.5 Å². The molecule has 1 aromatic carbocycles. The minimum Gasteiger partial charge on any atom is -0.326 e. The van der Waals surface area contributed by atoms with Crippen molar-refractivity contribution in [2.45, 2.75) is 26.9 Å². The molecule has 0 aromatic heterocycles. The summed E-state index contributed by atoms with van der Waals surface area (Å²) in [5.74, 6) is -0.368. The molecule has 1 rings (SSSR count). The fourth-order valence-electron chi connectivity index (χ4n) is 1.55. The Bertz CT molecular complexity index is 501. The van der Waals surface area contributed by atoms with Gasteiger partial charge in [-0.15, -0.1) is 0 Å². The number of nitrogens with one attached hydrogen (secondary N) is 1. The molecule has 0 spiro atoms. The Morgan fingerprint density at radius 1 is 1.39 bits per heavy atom. The molecule has 0 fully saturated rings. The Morgan fingerprint density at radius 2 is 2.06 bits per heavy atom. The molecule has 0 saturated carbocycles. The first-order valence-corrected chi connectivity index (χ1v) is 7.44. The van der Waals surface area contributed by atoms with Crippen LogP contribution in [0.3, 0.4) is 0 Å². The highest BCUT2D eigenvalue weighted by atomic mass is 32.2. The van der Waals surface area contributed by atoms with Gasteiger partial charge in [-0.05, 0) is 17.5 Å². The molecule has 0 aliphatic heterocycles. The maximum Gasteiger partial charge on any atom is 0.212 e. The van der Waals surface area contributed by atoms with Gasteiger partial charge < -0.3 is 5.73 Å². The Morgan fingerprint density at radius 3 is 2.56 bits per heavy atom. The lowest BCUT2D eigenvalue weighted by molar-refractivity contribution is 0.562. The lowest BCUT2D eigenvalue weighted by Gasteiger charge is -2.10. The van der Waals surface area contributed by atoms with Gasteiger partial charge >= 0.3 is 0 Å². The van der Waals surface area contributed by atoms with E-state index in [9.17, 15) is 12.8 Å². The van der Waals surface area contributed by atoms with Gasteiger partial charge in [0.05, 0.1) is 5.75 Å². The minimum absolute atomic E-state index is 0.0342. The van der Waals surface area contributed by atoms with Crippen molar-refractivity contribution >= 4 is 10.0 Å². The summed E-state index contributed by atoms with van der Waals surface area (Å²) in [6.45, 7) is 3.85. The first-order valence-electron chi connectivity index (χ1n) is 5.79. The second-order valence-electron chi connectivity index (χ2n) is 4.63. The summed E-state index contributed by atoms with van der Waals surface area (Å²) in [6.07, 6.45) is 0. The van der Waals surface area contributed by atoms with Gasteiger partial charge in [0.2, 0.25) is 10.0 Å². The summed E-state index contributed by atoms with van der Waals surface area (Å²) in [7, 11) is -3.35. The van der Waals surface area contributed by atoms with Crippen LogP contribution in [0.15, 0.2) is 18.2 Å². The predicted molar refractivity (Wildman–Crippen MR) is 69.8 cm³/mol. The van der Waals surface area contributed by atoms with E-state index >= 15 is 0 Å². The van der Waals surface area contributed by atoms with E-state index in [1.807, 2.05) is 13.8 Å². The molecule has 3 N–H and O–H groups in total. The predicted octanol–water partition coefficient (Wildman–Crippen LogP) is 1.36. The first kappa shape index (κ1) is 15.1. The van der Waals surface area contributed by atoms with Gasteiger partial charge in [-0.3, -0.25) is 0 Å². The zero-order chi connectivity index (χ0) is 13.8. The van der Waals surface area contributed by atoms with Crippen LogP contribution in [0.25, 0.3) is 0 Å². The van der Waals surface area contributed by atoms with Crippen molar-refractivity contribution in [1.29, 1.82) is 0 Å². The van der Waals surface area contributed by atoms with Crippen molar-refractivity contribution in [2.75, 3.05) is 5.75 Å². The van der Waals surface area contributed by atoms with Gasteiger partial charge in [0.25, 0.3) is 0 Å². The molecule has 1 aromatic rings. The molecule has 0 saturated heterocycles. The molecule has 18 heavy (non-hydrogen) atoms. The van der Waals surface area contributed by atoms with Crippen LogP contribution >= 0.6 is 0 Å². The lowest BCUT2D eigenvalue weighted by Crippen LogP contribution is -2.28. The number of halogens is 1. The molecule has 0 aliphatic rings. The van der Waals surface area contributed by atoms with Gasteiger partial charge in [0.1, 0.15) is 5.82 Å². The third-order valence-corrected chi connectivity index (χ3v) is 4.08. The summed E-state index contributed by atoms with van der Waals surface area (Å²) in [5.41, 5.74) is 6.39. The van der Waals surface area contributed by atoms with Crippen LogP contribution in [-0.4, -0.2) is 14.2 Å². The van der Waals surface area contributed by atoms with E-state index in [1.165, 1.54) is 6.07 Å². The van der Waals surface area contributed by atoms with Crippen molar-refractivity contribution in [3.63, 3.8) is 0 Å². The third kappa shape index (κ3) is 4.72. The Hall–Kier alpha value is -0.980. The molecule has 0 radical (unpaired) electrons. The highest BCUT2D eigenvalue weighted by molar-refractivity contribution is 7.89. The van der Waals surface area contributed by atoms with Gasteiger partial charge in [0.15, 0.2) is 0 Å². The summed E-state index contributed by atoms with van der Waals surface area (Å²) in [5, 5.41) is 0. The quantitative estimate of drug-likeness (QED) is 0.822. The minimum atomic E-state index is -3.35. The maximum absolute atomic E-state index is 13.6. The molecule has 0 unspecified atom stereocenters. The molecular weight excluding hydrogens is 255 g/mol. The topological polar surface area (TPSA) is 72.2 Å². The van der Waals surface area contributed by atoms with Crippen molar-refractivity contribution in [3.8, 4) is 0 Å². The monoisotopic (exact) mass is 274 g/mol. The van der Waals surface area contributed by atoms with E-state index in [0.29, 0.717) is 11.1 Å². The first-order chi connectivity index (χ1) is 8.34. The van der Waals surface area contributed by atoms with Crippen molar-refractivity contribution in [2.24, 2.45) is 11.7 Å². The number of rotatable bonds is 6. The van der Waals surface area contributed by atoms with E-state index in [2.05, 4.69) is 4.72 Å². The van der Waals surface area contributed by atoms with E-state index in [1.54, 1.807) is 12.1 Å². The van der Waals surface area contributed by atoms with E-state index < -0.39 is 15.8 Å². The Labute approximate surface area is 107 Å². The van der Waals surface area contributed by atoms with Crippen LogP contribution in [0.2, 0.25) is 0 Å². The third-order valence-electron chi connectivity index (χ3n) is 2.39. The standard InChI is InChI=1S/C12H19FN2O2S/c1-9(2)8-18(16,17)15-7-11-4-3-10(6-14)5-12(11)13/h3-5,9,15H,6-8,14H2,1-2H3. The van der Waals surface area contributed by atoms with E-state index in [-0.39, 0.29) is 24.8 Å². The average Bonchev–Trinajstić information content (AvgIpc) is 2.25. The Balaban J connectivity index is 2.69. The molecule has 0 aliphatic carbocycles. The largest absolute Gasteiger partial charge is 0.326 e. The lowest BCUT2D eigenvalue weighted by atomic mass is 10.1. The number of sulfonamides is 1. The molecule has 0 atom stereocenters. The van der Waals surface area contributed by atoms with Crippen molar-refractivity contribution in [3.05, 3.63) is 35.1 Å². The SMILES string of the molecule is CC(C)CS(=O)(=O)NCc1ccc(CN)cc1F. The summed E-state index contributed by atoms with van der Waals surface area (Å²) < 4.78 is 39.2. The van der Waals surface area contributed by atoms with Crippen LogP contribution in [0.5, 0.6) is 0 Å². The van der Waals surface area contributed by atoms with Crippen LogP contribution in [0.1, 0.15) is 25.0 Å². The van der Waals surface area contributed by atoms with Crippen LogP contribution in [0.4, 0.5) is 4.39 Å². The van der Waals surface area contributed by atoms with Crippen molar-refractivity contribution in [1.82, 2.24) is 4.72 Å². The van der Waals surface area contributed by atoms with Gasteiger partial charge in [-0.2, -0.15) is 0 Å². The molecule has 6 heteroatoms. The molecular formula is C12H19FN2O2S.